The van der Waals surface area contributed by atoms with Crippen LogP contribution in [0.5, 0.6) is 0 Å². The van der Waals surface area contributed by atoms with E-state index in [9.17, 15) is 10.1 Å². The molecule has 1 N–H and O–H groups in total. The van der Waals surface area contributed by atoms with Gasteiger partial charge in [-0.2, -0.15) is 0 Å². The van der Waals surface area contributed by atoms with Crippen molar-refractivity contribution in [1.29, 1.82) is 0 Å². The van der Waals surface area contributed by atoms with Crippen LogP contribution in [-0.2, 0) is 0 Å². The Labute approximate surface area is 109 Å². The maximum atomic E-state index is 11.2. The molecule has 0 aliphatic heterocycles. The van der Waals surface area contributed by atoms with E-state index in [0.29, 0.717) is 17.2 Å². The Morgan fingerprint density at radius 3 is 2.63 bits per heavy atom. The summed E-state index contributed by atoms with van der Waals surface area (Å²) in [6.45, 7) is 3.45. The highest BCUT2D eigenvalue weighted by atomic mass is 16.6. The van der Waals surface area contributed by atoms with Crippen LogP contribution in [0.3, 0.4) is 0 Å². The molecule has 0 saturated carbocycles. The molecule has 0 spiro atoms. The summed E-state index contributed by atoms with van der Waals surface area (Å²) < 4.78 is 0. The van der Waals surface area contributed by atoms with E-state index < -0.39 is 4.92 Å². The Balaban J connectivity index is 2.77. The van der Waals surface area contributed by atoms with Gasteiger partial charge in [-0.25, -0.2) is 9.97 Å². The number of nitrogens with zero attached hydrogens (tertiary/aromatic N) is 4. The van der Waals surface area contributed by atoms with Gasteiger partial charge < -0.3 is 5.32 Å². The fraction of sp³-hybridized carbons (Fsp3) is 0.250. The van der Waals surface area contributed by atoms with Crippen molar-refractivity contribution in [3.05, 3.63) is 39.8 Å². The topological polar surface area (TPSA) is 93.8 Å². The second-order valence-corrected chi connectivity index (χ2v) is 4.03. The third-order valence-electron chi connectivity index (χ3n) is 2.76. The molecule has 2 aromatic rings. The highest BCUT2D eigenvalue weighted by Crippen LogP contribution is 2.32. The van der Waals surface area contributed by atoms with Gasteiger partial charge in [0, 0.05) is 25.0 Å². The predicted molar refractivity (Wildman–Crippen MR) is 70.9 cm³/mol. The molecule has 2 aromatic heterocycles. The SMILES string of the molecule is CNc1nc(C)c([N+](=O)[O-])c(-c2cnccc2C)n1. The Morgan fingerprint density at radius 1 is 1.32 bits per heavy atom. The monoisotopic (exact) mass is 259 g/mol. The molecule has 0 aliphatic rings. The van der Waals surface area contributed by atoms with E-state index in [-0.39, 0.29) is 11.4 Å². The van der Waals surface area contributed by atoms with Crippen molar-refractivity contribution in [2.45, 2.75) is 13.8 Å². The number of hydrogen-bond donors (Lipinski definition) is 1. The Bertz CT molecular complexity index is 642. The van der Waals surface area contributed by atoms with E-state index >= 15 is 0 Å². The lowest BCUT2D eigenvalue weighted by atomic mass is 10.1. The first-order chi connectivity index (χ1) is 9.04. The van der Waals surface area contributed by atoms with Gasteiger partial charge in [0.25, 0.3) is 0 Å². The molecule has 0 atom stereocenters. The molecule has 98 valence electrons. The van der Waals surface area contributed by atoms with Crippen molar-refractivity contribution >= 4 is 11.6 Å². The lowest BCUT2D eigenvalue weighted by Gasteiger charge is -2.08. The summed E-state index contributed by atoms with van der Waals surface area (Å²) in [6, 6.07) is 1.79. The van der Waals surface area contributed by atoms with Gasteiger partial charge in [0.05, 0.1) is 4.92 Å². The molecule has 0 saturated heterocycles. The number of anilines is 1. The summed E-state index contributed by atoms with van der Waals surface area (Å²) in [5.41, 5.74) is 2.03. The smallest absolute Gasteiger partial charge is 0.316 e. The third-order valence-corrected chi connectivity index (χ3v) is 2.76. The maximum absolute atomic E-state index is 11.2. The number of nitro groups is 1. The molecule has 0 aromatic carbocycles. The first kappa shape index (κ1) is 12.9. The second kappa shape index (κ2) is 4.97. The van der Waals surface area contributed by atoms with Crippen molar-refractivity contribution in [3.8, 4) is 11.3 Å². The van der Waals surface area contributed by atoms with Gasteiger partial charge in [-0.15, -0.1) is 0 Å². The van der Waals surface area contributed by atoms with Crippen LogP contribution < -0.4 is 5.32 Å². The van der Waals surface area contributed by atoms with Crippen LogP contribution in [0.2, 0.25) is 0 Å². The normalized spacial score (nSPS) is 10.3. The number of pyridine rings is 1. The van der Waals surface area contributed by atoms with E-state index in [0.717, 1.165) is 5.56 Å². The second-order valence-electron chi connectivity index (χ2n) is 4.03. The van der Waals surface area contributed by atoms with Crippen LogP contribution in [0, 0.1) is 24.0 Å². The fourth-order valence-corrected chi connectivity index (χ4v) is 1.80. The zero-order valence-corrected chi connectivity index (χ0v) is 10.8. The Hall–Kier alpha value is -2.57. The number of rotatable bonds is 3. The maximum Gasteiger partial charge on any atom is 0.316 e. The quantitative estimate of drug-likeness (QED) is 0.670. The van der Waals surface area contributed by atoms with Gasteiger partial charge in [0.15, 0.2) is 5.69 Å². The molecular weight excluding hydrogens is 246 g/mol. The van der Waals surface area contributed by atoms with Crippen LogP contribution in [-0.4, -0.2) is 26.9 Å². The number of nitrogens with one attached hydrogen (secondary N) is 1. The van der Waals surface area contributed by atoms with Crippen LogP contribution >= 0.6 is 0 Å². The summed E-state index contributed by atoms with van der Waals surface area (Å²) in [4.78, 5) is 23.0. The van der Waals surface area contributed by atoms with E-state index in [1.54, 1.807) is 32.4 Å². The van der Waals surface area contributed by atoms with E-state index in [1.165, 1.54) is 0 Å². The van der Waals surface area contributed by atoms with Crippen LogP contribution in [0.15, 0.2) is 18.5 Å². The average Bonchev–Trinajstić information content (AvgIpc) is 2.37. The summed E-state index contributed by atoms with van der Waals surface area (Å²) in [7, 11) is 1.67. The highest BCUT2D eigenvalue weighted by Gasteiger charge is 2.24. The fourth-order valence-electron chi connectivity index (χ4n) is 1.80. The molecule has 0 unspecified atom stereocenters. The van der Waals surface area contributed by atoms with Gasteiger partial charge in [-0.05, 0) is 25.5 Å². The molecule has 19 heavy (non-hydrogen) atoms. The van der Waals surface area contributed by atoms with Crippen LogP contribution in [0.1, 0.15) is 11.3 Å². The van der Waals surface area contributed by atoms with Crippen molar-refractivity contribution in [3.63, 3.8) is 0 Å². The average molecular weight is 259 g/mol. The van der Waals surface area contributed by atoms with Gasteiger partial charge >= 0.3 is 5.69 Å². The number of hydrogen-bond acceptors (Lipinski definition) is 6. The first-order valence-electron chi connectivity index (χ1n) is 5.66. The molecule has 7 nitrogen and oxygen atoms in total. The van der Waals surface area contributed by atoms with Gasteiger partial charge in [-0.3, -0.25) is 15.1 Å². The molecule has 2 rings (SSSR count). The Kier molecular flexibility index (Phi) is 3.37. The van der Waals surface area contributed by atoms with E-state index in [2.05, 4.69) is 20.3 Å². The number of aryl methyl sites for hydroxylation is 2. The lowest BCUT2D eigenvalue weighted by Crippen LogP contribution is -2.05. The van der Waals surface area contributed by atoms with Gasteiger partial charge in [0.1, 0.15) is 5.69 Å². The molecule has 7 heteroatoms. The predicted octanol–water partition coefficient (Wildman–Crippen LogP) is 2.11. The molecule has 0 amide bonds. The van der Waals surface area contributed by atoms with Gasteiger partial charge in [0.2, 0.25) is 5.95 Å². The zero-order chi connectivity index (χ0) is 14.0. The zero-order valence-electron chi connectivity index (χ0n) is 10.8. The Morgan fingerprint density at radius 2 is 2.05 bits per heavy atom. The first-order valence-corrected chi connectivity index (χ1v) is 5.66. The molecule has 0 radical (unpaired) electrons. The molecule has 2 heterocycles. The summed E-state index contributed by atoms with van der Waals surface area (Å²) in [5, 5.41) is 14.0. The van der Waals surface area contributed by atoms with Crippen molar-refractivity contribution < 1.29 is 4.92 Å². The molecular formula is C12H13N5O2. The molecule has 0 bridgehead atoms. The summed E-state index contributed by atoms with van der Waals surface area (Å²) in [5.74, 6) is 0.348. The van der Waals surface area contributed by atoms with Gasteiger partial charge in [-0.1, -0.05) is 0 Å². The molecule has 0 aliphatic carbocycles. The largest absolute Gasteiger partial charge is 0.357 e. The minimum atomic E-state index is -0.462. The number of aromatic nitrogens is 3. The van der Waals surface area contributed by atoms with Crippen molar-refractivity contribution in [2.24, 2.45) is 0 Å². The summed E-state index contributed by atoms with van der Waals surface area (Å²) >= 11 is 0. The molecule has 0 fully saturated rings. The lowest BCUT2D eigenvalue weighted by molar-refractivity contribution is -0.385. The third kappa shape index (κ3) is 2.35. The minimum absolute atomic E-state index is 0.0879. The minimum Gasteiger partial charge on any atom is -0.357 e. The van der Waals surface area contributed by atoms with Crippen molar-refractivity contribution in [2.75, 3.05) is 12.4 Å². The summed E-state index contributed by atoms with van der Waals surface area (Å²) in [6.07, 6.45) is 3.21. The van der Waals surface area contributed by atoms with E-state index in [4.69, 9.17) is 0 Å². The van der Waals surface area contributed by atoms with Crippen LogP contribution in [0.4, 0.5) is 11.6 Å². The standard InChI is InChI=1S/C12H13N5O2/c1-7-4-5-14-6-9(7)10-11(17(18)19)8(2)15-12(13-3)16-10/h4-6H,1-3H3,(H,13,15,16). The van der Waals surface area contributed by atoms with Crippen LogP contribution in [0.25, 0.3) is 11.3 Å². The van der Waals surface area contributed by atoms with Crippen molar-refractivity contribution in [1.82, 2.24) is 15.0 Å². The van der Waals surface area contributed by atoms with E-state index in [1.807, 2.05) is 6.92 Å². The highest BCUT2D eigenvalue weighted by molar-refractivity contribution is 5.73.